The van der Waals surface area contributed by atoms with E-state index in [0.29, 0.717) is 24.6 Å². The van der Waals surface area contributed by atoms with Crippen LogP contribution in [0.4, 0.5) is 4.39 Å². The number of benzene rings is 1. The molecule has 1 saturated heterocycles. The summed E-state index contributed by atoms with van der Waals surface area (Å²) in [5, 5.41) is 4.36. The lowest BCUT2D eigenvalue weighted by molar-refractivity contribution is -0.136. The summed E-state index contributed by atoms with van der Waals surface area (Å²) in [6, 6.07) is 4.93. The van der Waals surface area contributed by atoms with E-state index in [4.69, 9.17) is 0 Å². The third-order valence-corrected chi connectivity index (χ3v) is 9.24. The highest BCUT2D eigenvalue weighted by molar-refractivity contribution is 7.89. The minimum atomic E-state index is -3.60. The van der Waals surface area contributed by atoms with Gasteiger partial charge in [0.15, 0.2) is 0 Å². The molecular weight excluding hydrogens is 469 g/mol. The van der Waals surface area contributed by atoms with Crippen molar-refractivity contribution in [3.8, 4) is 0 Å². The summed E-state index contributed by atoms with van der Waals surface area (Å²) >= 11 is 0. The van der Waals surface area contributed by atoms with E-state index in [1.165, 1.54) is 44.2 Å². The number of carbonyl (C=O) groups excluding carboxylic acids is 1. The van der Waals surface area contributed by atoms with Crippen LogP contribution in [0, 0.1) is 17.2 Å². The number of likely N-dealkylation sites (tertiary alicyclic amines) is 1. The number of nitrogens with one attached hydrogen (secondary N) is 1. The molecule has 8 nitrogen and oxygen atoms in total. The summed E-state index contributed by atoms with van der Waals surface area (Å²) in [6.45, 7) is 3.50. The lowest BCUT2D eigenvalue weighted by atomic mass is 9.63. The molecule has 1 aliphatic heterocycles. The third-order valence-electron chi connectivity index (χ3n) is 7.84. The molecule has 2 heterocycles. The second kappa shape index (κ2) is 11.2. The van der Waals surface area contributed by atoms with Crippen molar-refractivity contribution in [1.29, 1.82) is 0 Å². The maximum Gasteiger partial charge on any atom is 0.241 e. The second-order valence-corrected chi connectivity index (χ2v) is 12.1. The van der Waals surface area contributed by atoms with Crippen LogP contribution in [0.15, 0.2) is 36.9 Å². The first-order valence-electron chi connectivity index (χ1n) is 12.7. The van der Waals surface area contributed by atoms with Crippen LogP contribution in [0.1, 0.15) is 57.4 Å². The van der Waals surface area contributed by atoms with E-state index in [0.717, 1.165) is 19.4 Å². The fraction of sp³-hybridized carbons (Fsp3) is 0.640. The molecule has 1 saturated carbocycles. The van der Waals surface area contributed by atoms with Crippen LogP contribution < -0.4 is 4.72 Å². The quantitative estimate of drug-likeness (QED) is 0.565. The van der Waals surface area contributed by atoms with Crippen molar-refractivity contribution in [2.75, 3.05) is 18.8 Å². The minimum absolute atomic E-state index is 0.0558. The highest BCUT2D eigenvalue weighted by Crippen LogP contribution is 2.47. The number of rotatable bonds is 9. The number of halogens is 1. The van der Waals surface area contributed by atoms with Gasteiger partial charge in [0, 0.05) is 19.6 Å². The Morgan fingerprint density at radius 3 is 2.46 bits per heavy atom. The summed E-state index contributed by atoms with van der Waals surface area (Å²) in [5.41, 5.74) is 0.767. The van der Waals surface area contributed by atoms with Crippen molar-refractivity contribution >= 4 is 15.9 Å². The molecule has 192 valence electrons. The Hall–Kier alpha value is -2.33. The number of hydrogen-bond acceptors (Lipinski definition) is 5. The van der Waals surface area contributed by atoms with Crippen LogP contribution in [0.25, 0.3) is 0 Å². The van der Waals surface area contributed by atoms with Crippen LogP contribution in [-0.4, -0.2) is 58.9 Å². The molecule has 1 aromatic carbocycles. The average Bonchev–Trinajstić information content (AvgIpc) is 3.38. The molecule has 1 aliphatic carbocycles. The van der Waals surface area contributed by atoms with Crippen LogP contribution in [0.5, 0.6) is 0 Å². The van der Waals surface area contributed by atoms with Crippen LogP contribution in [-0.2, 0) is 27.8 Å². The van der Waals surface area contributed by atoms with Crippen LogP contribution >= 0.6 is 0 Å². The predicted octanol–water partition coefficient (Wildman–Crippen LogP) is 3.16. The van der Waals surface area contributed by atoms with Crippen LogP contribution in [0.2, 0.25) is 0 Å². The van der Waals surface area contributed by atoms with Gasteiger partial charge in [0.25, 0.3) is 0 Å². The fourth-order valence-electron chi connectivity index (χ4n) is 5.78. The molecule has 1 amide bonds. The zero-order chi connectivity index (χ0) is 24.9. The Morgan fingerprint density at radius 1 is 1.17 bits per heavy atom. The molecule has 0 spiro atoms. The predicted molar refractivity (Wildman–Crippen MR) is 131 cm³/mol. The average molecular weight is 506 g/mol. The zero-order valence-electron chi connectivity index (χ0n) is 20.4. The van der Waals surface area contributed by atoms with Crippen molar-refractivity contribution in [3.05, 3.63) is 48.3 Å². The van der Waals surface area contributed by atoms with Gasteiger partial charge in [-0.2, -0.15) is 5.10 Å². The number of amides is 1. The van der Waals surface area contributed by atoms with Gasteiger partial charge in [0.2, 0.25) is 15.9 Å². The molecule has 4 rings (SSSR count). The van der Waals surface area contributed by atoms with Crippen molar-refractivity contribution in [1.82, 2.24) is 24.4 Å². The van der Waals surface area contributed by atoms with Gasteiger partial charge >= 0.3 is 0 Å². The Labute approximate surface area is 207 Å². The fourth-order valence-corrected chi connectivity index (χ4v) is 6.56. The first-order valence-corrected chi connectivity index (χ1v) is 14.3. The summed E-state index contributed by atoms with van der Waals surface area (Å²) in [4.78, 5) is 19.5. The molecule has 2 fully saturated rings. The molecule has 35 heavy (non-hydrogen) atoms. The van der Waals surface area contributed by atoms with Crippen molar-refractivity contribution in [3.63, 3.8) is 0 Å². The molecule has 2 aliphatic rings. The van der Waals surface area contributed by atoms with Gasteiger partial charge in [0.05, 0.1) is 5.75 Å². The SMILES string of the molecule is CCS(=O)(=O)NC(Cc1ccc(F)cc1)C(=O)N1CCC(Cn2cncn2)(C2CCCCC2)CC1. The Kier molecular flexibility index (Phi) is 8.21. The molecule has 0 bridgehead atoms. The van der Waals surface area contributed by atoms with Gasteiger partial charge in [-0.3, -0.25) is 9.48 Å². The number of carbonyl (C=O) groups is 1. The Bertz CT molecular complexity index is 1060. The lowest BCUT2D eigenvalue weighted by Gasteiger charge is -2.48. The molecule has 1 unspecified atom stereocenters. The molecule has 1 N–H and O–H groups in total. The van der Waals surface area contributed by atoms with Gasteiger partial charge < -0.3 is 4.90 Å². The van der Waals surface area contributed by atoms with Gasteiger partial charge in [-0.1, -0.05) is 31.4 Å². The van der Waals surface area contributed by atoms with E-state index in [1.54, 1.807) is 36.6 Å². The number of hydrogen-bond donors (Lipinski definition) is 1. The van der Waals surface area contributed by atoms with E-state index in [1.807, 2.05) is 4.68 Å². The van der Waals surface area contributed by atoms with E-state index in [-0.39, 0.29) is 29.3 Å². The molecular formula is C25H36FN5O3S. The van der Waals surface area contributed by atoms with Crippen molar-refractivity contribution in [2.45, 2.75) is 70.9 Å². The number of sulfonamides is 1. The smallest absolute Gasteiger partial charge is 0.241 e. The maximum atomic E-state index is 13.6. The highest BCUT2D eigenvalue weighted by Gasteiger charge is 2.44. The maximum absolute atomic E-state index is 13.6. The highest BCUT2D eigenvalue weighted by atomic mass is 32.2. The first-order chi connectivity index (χ1) is 16.8. The van der Waals surface area contributed by atoms with Crippen molar-refractivity contribution < 1.29 is 17.6 Å². The Balaban J connectivity index is 1.49. The number of piperidine rings is 1. The van der Waals surface area contributed by atoms with E-state index < -0.39 is 16.1 Å². The first kappa shape index (κ1) is 25.8. The van der Waals surface area contributed by atoms with Gasteiger partial charge in [-0.15, -0.1) is 0 Å². The largest absolute Gasteiger partial charge is 0.341 e. The summed E-state index contributed by atoms with van der Waals surface area (Å²) in [6.07, 6.45) is 11.4. The summed E-state index contributed by atoms with van der Waals surface area (Å²) < 4.78 is 42.6. The third kappa shape index (κ3) is 6.46. The monoisotopic (exact) mass is 505 g/mol. The van der Waals surface area contributed by atoms with Gasteiger partial charge in [-0.25, -0.2) is 22.5 Å². The van der Waals surface area contributed by atoms with Crippen molar-refractivity contribution in [2.24, 2.45) is 11.3 Å². The second-order valence-electron chi connectivity index (χ2n) is 10.0. The number of nitrogens with zero attached hydrogens (tertiary/aromatic N) is 4. The molecule has 0 radical (unpaired) electrons. The summed E-state index contributed by atoms with van der Waals surface area (Å²) in [7, 11) is -3.60. The molecule has 2 aromatic rings. The lowest BCUT2D eigenvalue weighted by Crippen LogP contribution is -2.54. The van der Waals surface area contributed by atoms with E-state index in [2.05, 4.69) is 14.8 Å². The van der Waals surface area contributed by atoms with Gasteiger partial charge in [0.1, 0.15) is 24.5 Å². The summed E-state index contributed by atoms with van der Waals surface area (Å²) in [5.74, 6) is -0.105. The topological polar surface area (TPSA) is 97.2 Å². The minimum Gasteiger partial charge on any atom is -0.341 e. The molecule has 1 aromatic heterocycles. The number of aromatic nitrogens is 3. The van der Waals surface area contributed by atoms with Gasteiger partial charge in [-0.05, 0) is 68.1 Å². The Morgan fingerprint density at radius 2 is 1.86 bits per heavy atom. The van der Waals surface area contributed by atoms with Crippen LogP contribution in [0.3, 0.4) is 0 Å². The van der Waals surface area contributed by atoms with E-state index >= 15 is 0 Å². The zero-order valence-corrected chi connectivity index (χ0v) is 21.2. The standard InChI is InChI=1S/C25H36FN5O3S/c1-2-35(33,34)29-23(16-20-8-10-22(26)11-9-20)24(32)30-14-12-25(13-15-30,17-31-19-27-18-28-31)21-6-4-3-5-7-21/h8-11,18-19,21,23,29H,2-7,12-17H2,1H3. The molecule has 10 heteroatoms. The van der Waals surface area contributed by atoms with E-state index in [9.17, 15) is 17.6 Å². The molecule has 1 atom stereocenters. The normalized spacial score (nSPS) is 20.0.